The van der Waals surface area contributed by atoms with Gasteiger partial charge in [-0.1, -0.05) is 46.9 Å². The number of halogens is 4. The van der Waals surface area contributed by atoms with Crippen molar-refractivity contribution >= 4 is 34.8 Å². The van der Waals surface area contributed by atoms with Gasteiger partial charge in [-0.05, 0) is 55.3 Å². The highest BCUT2D eigenvalue weighted by molar-refractivity contribution is 6.36. The fourth-order valence-corrected chi connectivity index (χ4v) is 3.00. The van der Waals surface area contributed by atoms with Crippen molar-refractivity contribution in [2.75, 3.05) is 7.05 Å². The first kappa shape index (κ1) is 16.6. The fraction of sp³-hybridized carbons (Fsp3) is 0.250. The second kappa shape index (κ2) is 7.46. The standard InChI is InChI=1S/C16H15Cl3FN/c1-21-12(7-10-5-6-11(20)8-16(10)19)9-13-14(17)3-2-4-15(13)18/h2-6,8,12,21H,7,9H2,1H3. The van der Waals surface area contributed by atoms with Crippen LogP contribution in [-0.4, -0.2) is 13.1 Å². The lowest BCUT2D eigenvalue weighted by Crippen LogP contribution is -2.30. The molecule has 0 amide bonds. The van der Waals surface area contributed by atoms with Gasteiger partial charge < -0.3 is 5.32 Å². The summed E-state index contributed by atoms with van der Waals surface area (Å²) in [7, 11) is 1.87. The summed E-state index contributed by atoms with van der Waals surface area (Å²) in [4.78, 5) is 0. The highest BCUT2D eigenvalue weighted by atomic mass is 35.5. The Morgan fingerprint density at radius 1 is 1.00 bits per heavy atom. The van der Waals surface area contributed by atoms with Gasteiger partial charge in [-0.3, -0.25) is 0 Å². The maximum atomic E-state index is 13.1. The monoisotopic (exact) mass is 345 g/mol. The molecule has 0 fully saturated rings. The van der Waals surface area contributed by atoms with Crippen LogP contribution in [-0.2, 0) is 12.8 Å². The lowest BCUT2D eigenvalue weighted by molar-refractivity contribution is 0.555. The summed E-state index contributed by atoms with van der Waals surface area (Å²) in [6, 6.07) is 10.0. The second-order valence-electron chi connectivity index (χ2n) is 4.83. The number of nitrogens with one attached hydrogen (secondary N) is 1. The molecule has 0 heterocycles. The van der Waals surface area contributed by atoms with Crippen LogP contribution in [0.2, 0.25) is 15.1 Å². The zero-order valence-electron chi connectivity index (χ0n) is 11.5. The van der Waals surface area contributed by atoms with E-state index in [9.17, 15) is 4.39 Å². The van der Waals surface area contributed by atoms with E-state index in [1.807, 2.05) is 25.2 Å². The van der Waals surface area contributed by atoms with E-state index in [2.05, 4.69) is 5.32 Å². The minimum atomic E-state index is -0.334. The third kappa shape index (κ3) is 4.33. The van der Waals surface area contributed by atoms with Crippen LogP contribution in [0, 0.1) is 5.82 Å². The summed E-state index contributed by atoms with van der Waals surface area (Å²) in [6.07, 6.45) is 1.33. The molecule has 112 valence electrons. The fourth-order valence-electron chi connectivity index (χ4n) is 2.20. The first-order valence-corrected chi connectivity index (χ1v) is 7.68. The van der Waals surface area contributed by atoms with Gasteiger partial charge >= 0.3 is 0 Å². The molecule has 0 aliphatic rings. The van der Waals surface area contributed by atoms with Crippen LogP contribution >= 0.6 is 34.8 Å². The minimum absolute atomic E-state index is 0.102. The Labute approximate surface area is 139 Å². The maximum absolute atomic E-state index is 13.1. The summed E-state index contributed by atoms with van der Waals surface area (Å²) in [6.45, 7) is 0. The zero-order chi connectivity index (χ0) is 15.4. The minimum Gasteiger partial charge on any atom is -0.316 e. The van der Waals surface area contributed by atoms with Gasteiger partial charge in [0.15, 0.2) is 0 Å². The van der Waals surface area contributed by atoms with Crippen LogP contribution in [0.5, 0.6) is 0 Å². The molecule has 0 bridgehead atoms. The number of likely N-dealkylation sites (N-methyl/N-ethyl adjacent to an activating group) is 1. The summed E-state index contributed by atoms with van der Waals surface area (Å²) in [5.41, 5.74) is 1.79. The van der Waals surface area contributed by atoms with Crippen molar-refractivity contribution < 1.29 is 4.39 Å². The first-order valence-electron chi connectivity index (χ1n) is 6.55. The number of benzene rings is 2. The molecule has 1 nitrogen and oxygen atoms in total. The molecule has 0 aromatic heterocycles. The maximum Gasteiger partial charge on any atom is 0.124 e. The third-order valence-electron chi connectivity index (χ3n) is 3.40. The zero-order valence-corrected chi connectivity index (χ0v) is 13.7. The SMILES string of the molecule is CNC(Cc1ccc(F)cc1Cl)Cc1c(Cl)cccc1Cl. The lowest BCUT2D eigenvalue weighted by Gasteiger charge is -2.18. The van der Waals surface area contributed by atoms with Gasteiger partial charge in [-0.25, -0.2) is 4.39 Å². The van der Waals surface area contributed by atoms with E-state index in [0.717, 1.165) is 11.1 Å². The van der Waals surface area contributed by atoms with Gasteiger partial charge in [0.2, 0.25) is 0 Å². The Kier molecular flexibility index (Phi) is 5.88. The number of rotatable bonds is 5. The van der Waals surface area contributed by atoms with Gasteiger partial charge in [0, 0.05) is 21.1 Å². The van der Waals surface area contributed by atoms with Crippen LogP contribution in [0.25, 0.3) is 0 Å². The van der Waals surface area contributed by atoms with E-state index in [1.54, 1.807) is 6.07 Å². The van der Waals surface area contributed by atoms with Gasteiger partial charge in [-0.15, -0.1) is 0 Å². The molecule has 0 saturated carbocycles. The van der Waals surface area contributed by atoms with Crippen LogP contribution in [0.15, 0.2) is 36.4 Å². The van der Waals surface area contributed by atoms with E-state index in [4.69, 9.17) is 34.8 Å². The molecular weight excluding hydrogens is 332 g/mol. The Morgan fingerprint density at radius 2 is 1.67 bits per heavy atom. The molecular formula is C16H15Cl3FN. The number of hydrogen-bond acceptors (Lipinski definition) is 1. The van der Waals surface area contributed by atoms with Crippen LogP contribution in [0.1, 0.15) is 11.1 Å². The predicted octanol–water partition coefficient (Wildman–Crippen LogP) is 5.16. The second-order valence-corrected chi connectivity index (χ2v) is 6.05. The van der Waals surface area contributed by atoms with Crippen molar-refractivity contribution in [1.29, 1.82) is 0 Å². The van der Waals surface area contributed by atoms with Crippen LogP contribution in [0.4, 0.5) is 4.39 Å². The summed E-state index contributed by atoms with van der Waals surface area (Å²) in [5.74, 6) is -0.334. The van der Waals surface area contributed by atoms with E-state index < -0.39 is 0 Å². The van der Waals surface area contributed by atoms with Gasteiger partial charge in [0.1, 0.15) is 5.82 Å². The highest BCUT2D eigenvalue weighted by Gasteiger charge is 2.15. The predicted molar refractivity (Wildman–Crippen MR) is 88.1 cm³/mol. The number of hydrogen-bond donors (Lipinski definition) is 1. The highest BCUT2D eigenvalue weighted by Crippen LogP contribution is 2.27. The molecule has 0 radical (unpaired) electrons. The van der Waals surface area contributed by atoms with Gasteiger partial charge in [0.25, 0.3) is 0 Å². The van der Waals surface area contributed by atoms with E-state index >= 15 is 0 Å². The quantitative estimate of drug-likeness (QED) is 0.788. The molecule has 21 heavy (non-hydrogen) atoms. The van der Waals surface area contributed by atoms with Crippen molar-refractivity contribution in [2.24, 2.45) is 0 Å². The Bertz CT molecular complexity index is 611. The molecule has 1 N–H and O–H groups in total. The van der Waals surface area contributed by atoms with Gasteiger partial charge in [-0.2, -0.15) is 0 Å². The first-order chi connectivity index (χ1) is 10.0. The molecule has 2 rings (SSSR count). The normalized spacial score (nSPS) is 12.4. The summed E-state index contributed by atoms with van der Waals surface area (Å²) >= 11 is 18.5. The molecule has 2 aromatic carbocycles. The third-order valence-corrected chi connectivity index (χ3v) is 4.46. The van der Waals surface area contributed by atoms with Gasteiger partial charge in [0.05, 0.1) is 0 Å². The van der Waals surface area contributed by atoms with E-state index in [1.165, 1.54) is 12.1 Å². The van der Waals surface area contributed by atoms with Crippen LogP contribution in [0.3, 0.4) is 0 Å². The molecule has 0 aliphatic heterocycles. The molecule has 1 unspecified atom stereocenters. The molecule has 0 saturated heterocycles. The van der Waals surface area contributed by atoms with E-state index in [-0.39, 0.29) is 11.9 Å². The van der Waals surface area contributed by atoms with Crippen molar-refractivity contribution in [3.05, 3.63) is 68.4 Å². The largest absolute Gasteiger partial charge is 0.316 e. The van der Waals surface area contributed by atoms with Crippen molar-refractivity contribution in [3.63, 3.8) is 0 Å². The lowest BCUT2D eigenvalue weighted by atomic mass is 9.99. The smallest absolute Gasteiger partial charge is 0.124 e. The van der Waals surface area contributed by atoms with Crippen LogP contribution < -0.4 is 5.32 Å². The topological polar surface area (TPSA) is 12.0 Å². The summed E-state index contributed by atoms with van der Waals surface area (Å²) in [5, 5.41) is 4.95. The Morgan fingerprint density at radius 3 is 2.24 bits per heavy atom. The van der Waals surface area contributed by atoms with E-state index in [0.29, 0.717) is 27.9 Å². The molecule has 1 atom stereocenters. The van der Waals surface area contributed by atoms with Crippen molar-refractivity contribution in [2.45, 2.75) is 18.9 Å². The molecule has 2 aromatic rings. The Hall–Kier alpha value is -0.800. The molecule has 0 spiro atoms. The van der Waals surface area contributed by atoms with Crippen molar-refractivity contribution in [1.82, 2.24) is 5.32 Å². The molecule has 0 aliphatic carbocycles. The van der Waals surface area contributed by atoms with Crippen molar-refractivity contribution in [3.8, 4) is 0 Å². The average molecular weight is 347 g/mol. The molecule has 5 heteroatoms. The average Bonchev–Trinajstić information content (AvgIpc) is 2.44. The summed E-state index contributed by atoms with van der Waals surface area (Å²) < 4.78 is 13.1. The Balaban J connectivity index is 2.17.